The summed E-state index contributed by atoms with van der Waals surface area (Å²) in [5.41, 5.74) is 4.31. The van der Waals surface area contributed by atoms with Gasteiger partial charge >= 0.3 is 15.6 Å². The van der Waals surface area contributed by atoms with Crippen LogP contribution in [0.1, 0.15) is 12.6 Å². The number of aromatic nitrogens is 4. The van der Waals surface area contributed by atoms with Crippen molar-refractivity contribution in [2.24, 2.45) is 0 Å². The first-order chi connectivity index (χ1) is 13.9. The minimum absolute atomic E-state index is 0.0725. The Kier molecular flexibility index (Phi) is 6.15. The second kappa shape index (κ2) is 8.05. The minimum Gasteiger partial charge on any atom is -0.387 e. The van der Waals surface area contributed by atoms with Crippen molar-refractivity contribution in [1.82, 2.24) is 19.5 Å². The Morgan fingerprint density at radius 1 is 1.30 bits per heavy atom. The van der Waals surface area contributed by atoms with Crippen molar-refractivity contribution in [3.05, 3.63) is 25.3 Å². The van der Waals surface area contributed by atoms with Gasteiger partial charge in [-0.1, -0.05) is 6.08 Å². The Hall–Kier alpha value is -1.77. The smallest absolute Gasteiger partial charge is 0.387 e. The van der Waals surface area contributed by atoms with Gasteiger partial charge in [-0.25, -0.2) is 24.1 Å². The van der Waals surface area contributed by atoms with Crippen LogP contribution in [0.25, 0.3) is 11.2 Å². The zero-order valence-corrected chi connectivity index (χ0v) is 16.9. The summed E-state index contributed by atoms with van der Waals surface area (Å²) < 4.78 is 38.0. The van der Waals surface area contributed by atoms with E-state index in [0.29, 0.717) is 0 Å². The lowest BCUT2D eigenvalue weighted by atomic mass is 9.92. The van der Waals surface area contributed by atoms with Crippen LogP contribution in [0.4, 0.5) is 5.82 Å². The number of ether oxygens (including phenoxy) is 1. The number of phosphoric ester groups is 1. The number of aliphatic hydroxyl groups is 2. The summed E-state index contributed by atoms with van der Waals surface area (Å²) in [5, 5.41) is 21.2. The summed E-state index contributed by atoms with van der Waals surface area (Å²) in [4.78, 5) is 38.8. The number of rotatable bonds is 8. The van der Waals surface area contributed by atoms with Crippen molar-refractivity contribution in [2.75, 3.05) is 12.3 Å². The Bertz CT molecular complexity index is 1040. The number of nitrogen functional groups attached to an aromatic ring is 1. The molecule has 0 aromatic carbocycles. The van der Waals surface area contributed by atoms with Crippen LogP contribution in [-0.4, -0.2) is 68.8 Å². The number of imidazole rings is 1. The number of hydrogen-bond acceptors (Lipinski definition) is 11. The molecule has 3 rings (SSSR count). The molecule has 17 heteroatoms. The van der Waals surface area contributed by atoms with Crippen LogP contribution < -0.4 is 5.73 Å². The van der Waals surface area contributed by atoms with Gasteiger partial charge in [0.25, 0.3) is 0 Å². The predicted octanol–water partition coefficient (Wildman–Crippen LogP) is -0.800. The molecule has 2 unspecified atom stereocenters. The van der Waals surface area contributed by atoms with Crippen LogP contribution in [0.3, 0.4) is 0 Å². The maximum Gasteiger partial charge on any atom is 0.481 e. The van der Waals surface area contributed by atoms with Gasteiger partial charge in [-0.3, -0.25) is 9.09 Å². The van der Waals surface area contributed by atoms with Crippen LogP contribution in [0.5, 0.6) is 0 Å². The number of fused-ring (bicyclic) bond motifs is 1. The van der Waals surface area contributed by atoms with E-state index < -0.39 is 46.3 Å². The van der Waals surface area contributed by atoms with Crippen LogP contribution in [0.15, 0.2) is 25.3 Å². The van der Waals surface area contributed by atoms with Crippen LogP contribution in [0.2, 0.25) is 0 Å². The molecule has 166 valence electrons. The highest BCUT2D eigenvalue weighted by Crippen LogP contribution is 2.58. The number of nitrogens with zero attached hydrogens (tertiary/aromatic N) is 4. The van der Waals surface area contributed by atoms with E-state index >= 15 is 0 Å². The molecule has 1 aliphatic heterocycles. The average molecular weight is 467 g/mol. The van der Waals surface area contributed by atoms with Gasteiger partial charge in [0.2, 0.25) is 0 Å². The summed E-state index contributed by atoms with van der Waals surface area (Å²) >= 11 is 0. The predicted molar refractivity (Wildman–Crippen MR) is 98.3 cm³/mol. The summed E-state index contributed by atoms with van der Waals surface area (Å²) in [6.45, 7) is 2.63. The van der Waals surface area contributed by atoms with E-state index in [0.717, 1.165) is 6.33 Å². The topological polar surface area (TPSA) is 233 Å². The van der Waals surface area contributed by atoms with Crippen molar-refractivity contribution in [3.63, 3.8) is 0 Å². The van der Waals surface area contributed by atoms with Gasteiger partial charge in [-0.2, -0.15) is 4.31 Å². The highest BCUT2D eigenvalue weighted by Gasteiger charge is 2.55. The average Bonchev–Trinajstić information content (AvgIpc) is 3.15. The zero-order chi connectivity index (χ0) is 22.3. The Morgan fingerprint density at radius 2 is 2.00 bits per heavy atom. The molecule has 3 heterocycles. The van der Waals surface area contributed by atoms with Crippen molar-refractivity contribution in [1.29, 1.82) is 0 Å². The van der Waals surface area contributed by atoms with Crippen LogP contribution in [0, 0.1) is 0 Å². The summed E-state index contributed by atoms with van der Waals surface area (Å²) in [6, 6.07) is 0. The summed E-state index contributed by atoms with van der Waals surface area (Å²) in [6.07, 6.45) is -1.01. The number of hydrogen-bond donors (Lipinski definition) is 6. The maximum absolute atomic E-state index is 11.8. The van der Waals surface area contributed by atoms with Gasteiger partial charge in [0.15, 0.2) is 17.7 Å². The molecule has 2 aromatic heterocycles. The lowest BCUT2D eigenvalue weighted by Gasteiger charge is -2.31. The largest absolute Gasteiger partial charge is 0.481 e. The molecule has 1 saturated heterocycles. The third kappa shape index (κ3) is 4.45. The number of aliphatic hydroxyl groups excluding tert-OH is 2. The fraction of sp³-hybridized carbons (Fsp3) is 0.462. The SMILES string of the molecule is C=CC[C@]1(COP(=O)(O)OP(=O)(O)O)OC(n2cnc3c(N)ncnc32)[C@H](O)[C@@H]1O. The van der Waals surface area contributed by atoms with E-state index in [4.69, 9.17) is 20.3 Å². The molecule has 7 N–H and O–H groups in total. The molecule has 0 saturated carbocycles. The van der Waals surface area contributed by atoms with E-state index in [2.05, 4.69) is 30.4 Å². The standard InChI is InChI=1S/C13H19N5O10P2/c1-2-3-13(4-26-30(24,25)28-29(21,22)23)9(20)8(19)12(27-13)18-6-17-7-10(14)15-5-16-11(7)18/h2,5-6,8-9,12,19-20H,1,3-4H2,(H,24,25)(H2,14,15,16)(H2,21,22,23)/t8-,9+,12?,13-/m1/s1. The number of nitrogens with two attached hydrogens (primary N) is 1. The third-order valence-corrected chi connectivity index (χ3v) is 6.47. The van der Waals surface area contributed by atoms with Gasteiger partial charge in [-0.15, -0.1) is 6.58 Å². The van der Waals surface area contributed by atoms with Gasteiger partial charge < -0.3 is 35.4 Å². The normalized spacial score (nSPS) is 29.2. The molecule has 0 amide bonds. The first-order valence-electron chi connectivity index (χ1n) is 8.21. The molecule has 1 fully saturated rings. The van der Waals surface area contributed by atoms with Crippen molar-refractivity contribution >= 4 is 32.6 Å². The Morgan fingerprint density at radius 3 is 2.63 bits per heavy atom. The number of anilines is 1. The van der Waals surface area contributed by atoms with E-state index in [9.17, 15) is 24.2 Å². The fourth-order valence-corrected chi connectivity index (χ4v) is 4.71. The first-order valence-corrected chi connectivity index (χ1v) is 11.2. The molecule has 1 aliphatic rings. The van der Waals surface area contributed by atoms with Crippen molar-refractivity contribution < 1.29 is 47.6 Å². The van der Waals surface area contributed by atoms with Crippen molar-refractivity contribution in [3.8, 4) is 0 Å². The van der Waals surface area contributed by atoms with Gasteiger partial charge in [-0.05, 0) is 6.42 Å². The van der Waals surface area contributed by atoms with Crippen molar-refractivity contribution in [2.45, 2.75) is 30.5 Å². The van der Waals surface area contributed by atoms with E-state index in [1.165, 1.54) is 17.0 Å². The molecule has 5 atom stereocenters. The molecule has 0 aliphatic carbocycles. The lowest BCUT2D eigenvalue weighted by molar-refractivity contribution is -0.123. The lowest BCUT2D eigenvalue weighted by Crippen LogP contribution is -2.46. The minimum atomic E-state index is -5.35. The Labute approximate surface area is 168 Å². The molecule has 15 nitrogen and oxygen atoms in total. The molecule has 0 spiro atoms. The second-order valence-corrected chi connectivity index (χ2v) is 9.23. The molecular formula is C13H19N5O10P2. The molecule has 0 bridgehead atoms. The van der Waals surface area contributed by atoms with E-state index in [1.54, 1.807) is 0 Å². The quantitative estimate of drug-likeness (QED) is 0.206. The molecule has 30 heavy (non-hydrogen) atoms. The Balaban J connectivity index is 1.90. The third-order valence-electron chi connectivity index (χ3n) is 4.34. The highest BCUT2D eigenvalue weighted by atomic mass is 31.3. The van der Waals surface area contributed by atoms with Gasteiger partial charge in [0, 0.05) is 0 Å². The van der Waals surface area contributed by atoms with Gasteiger partial charge in [0.05, 0.1) is 12.9 Å². The summed E-state index contributed by atoms with van der Waals surface area (Å²) in [7, 11) is -10.6. The number of phosphoric acid groups is 2. The second-order valence-electron chi connectivity index (χ2n) is 6.40. The fourth-order valence-electron chi connectivity index (χ4n) is 3.06. The monoisotopic (exact) mass is 467 g/mol. The molecule has 2 aromatic rings. The molecule has 0 radical (unpaired) electrons. The first kappa shape index (κ1) is 22.9. The summed E-state index contributed by atoms with van der Waals surface area (Å²) in [5.74, 6) is 0.0725. The highest BCUT2D eigenvalue weighted by molar-refractivity contribution is 7.60. The van der Waals surface area contributed by atoms with E-state index in [-0.39, 0.29) is 23.4 Å². The van der Waals surface area contributed by atoms with Crippen LogP contribution >= 0.6 is 15.6 Å². The van der Waals surface area contributed by atoms with Crippen LogP contribution in [-0.2, 0) is 22.7 Å². The zero-order valence-electron chi connectivity index (χ0n) is 15.1. The van der Waals surface area contributed by atoms with E-state index in [1.807, 2.05) is 0 Å². The van der Waals surface area contributed by atoms with Gasteiger partial charge in [0.1, 0.15) is 29.7 Å². The molecular weight excluding hydrogens is 448 g/mol. The maximum atomic E-state index is 11.8.